The van der Waals surface area contributed by atoms with E-state index >= 15 is 0 Å². The smallest absolute Gasteiger partial charge is 0.252 e. The SMILES string of the molecule is CCc1cc(C(=O)NC(C(N)=O)C(C)C)cc(N)n1. The summed E-state index contributed by atoms with van der Waals surface area (Å²) in [5.74, 6) is -0.724. The molecule has 0 saturated carbocycles. The fraction of sp³-hybridized carbons (Fsp3) is 0.462. The zero-order valence-corrected chi connectivity index (χ0v) is 11.4. The van der Waals surface area contributed by atoms with Crippen molar-refractivity contribution in [2.24, 2.45) is 11.7 Å². The predicted octanol–water partition coefficient (Wildman–Crippen LogP) is 0.466. The Hall–Kier alpha value is -2.11. The summed E-state index contributed by atoms with van der Waals surface area (Å²) < 4.78 is 0. The summed E-state index contributed by atoms with van der Waals surface area (Å²) >= 11 is 0. The highest BCUT2D eigenvalue weighted by Crippen LogP contribution is 2.10. The van der Waals surface area contributed by atoms with Gasteiger partial charge in [-0.2, -0.15) is 0 Å². The molecule has 0 aliphatic carbocycles. The molecule has 6 nitrogen and oxygen atoms in total. The minimum atomic E-state index is -0.702. The van der Waals surface area contributed by atoms with Crippen LogP contribution in [0.3, 0.4) is 0 Å². The van der Waals surface area contributed by atoms with E-state index in [-0.39, 0.29) is 17.6 Å². The molecule has 2 amide bonds. The standard InChI is InChI=1S/C13H20N4O2/c1-4-9-5-8(6-10(14)16-9)13(19)17-11(7(2)3)12(15)18/h5-7,11H,4H2,1-3H3,(H2,14,16)(H2,15,18)(H,17,19). The molecule has 5 N–H and O–H groups in total. The maximum Gasteiger partial charge on any atom is 0.252 e. The van der Waals surface area contributed by atoms with Gasteiger partial charge in [-0.05, 0) is 24.5 Å². The van der Waals surface area contributed by atoms with E-state index in [1.807, 2.05) is 20.8 Å². The molecule has 0 aromatic carbocycles. The summed E-state index contributed by atoms with van der Waals surface area (Å²) in [6, 6.07) is 2.43. The van der Waals surface area contributed by atoms with Gasteiger partial charge < -0.3 is 16.8 Å². The third kappa shape index (κ3) is 3.94. The monoisotopic (exact) mass is 264 g/mol. The Morgan fingerprint density at radius 1 is 1.37 bits per heavy atom. The summed E-state index contributed by atoms with van der Waals surface area (Å²) in [6.07, 6.45) is 0.675. The van der Waals surface area contributed by atoms with E-state index in [9.17, 15) is 9.59 Å². The number of pyridine rings is 1. The number of aryl methyl sites for hydroxylation is 1. The number of nitrogens with two attached hydrogens (primary N) is 2. The average Bonchev–Trinajstić information content (AvgIpc) is 2.33. The molecule has 1 aromatic heterocycles. The molecule has 1 atom stereocenters. The molecular formula is C13H20N4O2. The highest BCUT2D eigenvalue weighted by atomic mass is 16.2. The molecule has 0 radical (unpaired) electrons. The van der Waals surface area contributed by atoms with E-state index in [0.29, 0.717) is 12.0 Å². The van der Waals surface area contributed by atoms with Crippen LogP contribution in [0.5, 0.6) is 0 Å². The van der Waals surface area contributed by atoms with Crippen LogP contribution in [-0.2, 0) is 11.2 Å². The first-order valence-electron chi connectivity index (χ1n) is 6.21. The van der Waals surface area contributed by atoms with E-state index < -0.39 is 11.9 Å². The van der Waals surface area contributed by atoms with Crippen LogP contribution in [0.25, 0.3) is 0 Å². The fourth-order valence-corrected chi connectivity index (χ4v) is 1.71. The summed E-state index contributed by atoms with van der Waals surface area (Å²) in [5, 5.41) is 2.61. The minimum Gasteiger partial charge on any atom is -0.384 e. The van der Waals surface area contributed by atoms with E-state index in [4.69, 9.17) is 11.5 Å². The number of carbonyl (C=O) groups excluding carboxylic acids is 2. The van der Waals surface area contributed by atoms with Crippen molar-refractivity contribution in [1.29, 1.82) is 0 Å². The van der Waals surface area contributed by atoms with Crippen molar-refractivity contribution in [1.82, 2.24) is 10.3 Å². The zero-order valence-electron chi connectivity index (χ0n) is 11.4. The molecule has 1 rings (SSSR count). The Kier molecular flexibility index (Phi) is 4.86. The summed E-state index contributed by atoms with van der Waals surface area (Å²) in [7, 11) is 0. The number of anilines is 1. The number of nitrogens with zero attached hydrogens (tertiary/aromatic N) is 1. The Morgan fingerprint density at radius 2 is 2.00 bits per heavy atom. The van der Waals surface area contributed by atoms with E-state index in [2.05, 4.69) is 10.3 Å². The van der Waals surface area contributed by atoms with E-state index in [1.54, 1.807) is 6.07 Å². The quantitative estimate of drug-likeness (QED) is 0.717. The lowest BCUT2D eigenvalue weighted by Gasteiger charge is -2.19. The first-order chi connectivity index (χ1) is 8.85. The first kappa shape index (κ1) is 14.9. The third-order valence-electron chi connectivity index (χ3n) is 2.78. The van der Waals surface area contributed by atoms with E-state index in [0.717, 1.165) is 5.69 Å². The summed E-state index contributed by atoms with van der Waals surface area (Å²) in [4.78, 5) is 27.4. The van der Waals surface area contributed by atoms with Crippen LogP contribution in [0.4, 0.5) is 5.82 Å². The lowest BCUT2D eigenvalue weighted by Crippen LogP contribution is -2.47. The molecule has 1 unspecified atom stereocenters. The number of amides is 2. The highest BCUT2D eigenvalue weighted by molar-refractivity contribution is 5.97. The van der Waals surface area contributed by atoms with Crippen LogP contribution in [0.2, 0.25) is 0 Å². The Morgan fingerprint density at radius 3 is 2.47 bits per heavy atom. The van der Waals surface area contributed by atoms with E-state index in [1.165, 1.54) is 6.07 Å². The predicted molar refractivity (Wildman–Crippen MR) is 73.3 cm³/mol. The molecular weight excluding hydrogens is 244 g/mol. The summed E-state index contributed by atoms with van der Waals surface area (Å²) in [6.45, 7) is 5.55. The van der Waals surface area contributed by atoms with Gasteiger partial charge in [0.2, 0.25) is 5.91 Å². The molecule has 0 fully saturated rings. The van der Waals surface area contributed by atoms with Gasteiger partial charge in [0.15, 0.2) is 0 Å². The van der Waals surface area contributed by atoms with Crippen LogP contribution in [0, 0.1) is 5.92 Å². The van der Waals surface area contributed by atoms with Crippen molar-refractivity contribution < 1.29 is 9.59 Å². The van der Waals surface area contributed by atoms with Gasteiger partial charge in [-0.15, -0.1) is 0 Å². The van der Waals surface area contributed by atoms with Gasteiger partial charge >= 0.3 is 0 Å². The Bertz CT molecular complexity index is 486. The molecule has 0 aliphatic rings. The lowest BCUT2D eigenvalue weighted by atomic mass is 10.0. The zero-order chi connectivity index (χ0) is 14.6. The van der Waals surface area contributed by atoms with Gasteiger partial charge in [0.1, 0.15) is 11.9 Å². The van der Waals surface area contributed by atoms with Gasteiger partial charge in [0.05, 0.1) is 0 Å². The largest absolute Gasteiger partial charge is 0.384 e. The minimum absolute atomic E-state index is 0.0775. The van der Waals surface area contributed by atoms with Crippen LogP contribution in [-0.4, -0.2) is 22.8 Å². The average molecular weight is 264 g/mol. The van der Waals surface area contributed by atoms with Crippen LogP contribution in [0.15, 0.2) is 12.1 Å². The van der Waals surface area contributed by atoms with Crippen LogP contribution in [0.1, 0.15) is 36.8 Å². The first-order valence-corrected chi connectivity index (χ1v) is 6.21. The van der Waals surface area contributed by atoms with Gasteiger partial charge in [0.25, 0.3) is 5.91 Å². The Labute approximate surface area is 112 Å². The van der Waals surface area contributed by atoms with Crippen molar-refractivity contribution >= 4 is 17.6 Å². The number of hydrogen-bond acceptors (Lipinski definition) is 4. The fourth-order valence-electron chi connectivity index (χ4n) is 1.71. The topological polar surface area (TPSA) is 111 Å². The van der Waals surface area contributed by atoms with Crippen molar-refractivity contribution in [2.75, 3.05) is 5.73 Å². The van der Waals surface area contributed by atoms with Gasteiger partial charge in [-0.3, -0.25) is 9.59 Å². The lowest BCUT2D eigenvalue weighted by molar-refractivity contribution is -0.120. The second-order valence-corrected chi connectivity index (χ2v) is 4.72. The number of nitrogens with one attached hydrogen (secondary N) is 1. The molecule has 0 bridgehead atoms. The summed E-state index contributed by atoms with van der Waals surface area (Å²) in [5.41, 5.74) is 12.0. The molecule has 0 aliphatic heterocycles. The number of aromatic nitrogens is 1. The number of carbonyl (C=O) groups is 2. The van der Waals surface area contributed by atoms with Crippen molar-refractivity contribution in [3.05, 3.63) is 23.4 Å². The van der Waals surface area contributed by atoms with Crippen LogP contribution >= 0.6 is 0 Å². The van der Waals surface area contributed by atoms with Crippen molar-refractivity contribution in [3.8, 4) is 0 Å². The number of hydrogen-bond donors (Lipinski definition) is 3. The molecule has 19 heavy (non-hydrogen) atoms. The van der Waals surface area contributed by atoms with Crippen molar-refractivity contribution in [3.63, 3.8) is 0 Å². The van der Waals surface area contributed by atoms with Gasteiger partial charge in [-0.1, -0.05) is 20.8 Å². The number of nitrogen functional groups attached to an aromatic ring is 1. The maximum atomic E-state index is 12.1. The van der Waals surface area contributed by atoms with Crippen molar-refractivity contribution in [2.45, 2.75) is 33.2 Å². The third-order valence-corrected chi connectivity index (χ3v) is 2.78. The molecule has 0 spiro atoms. The molecule has 6 heteroatoms. The maximum absolute atomic E-state index is 12.1. The second kappa shape index (κ2) is 6.17. The molecule has 1 aromatic rings. The Balaban J connectivity index is 2.94. The molecule has 1 heterocycles. The van der Waals surface area contributed by atoms with Crippen LogP contribution < -0.4 is 16.8 Å². The van der Waals surface area contributed by atoms with Gasteiger partial charge in [-0.25, -0.2) is 4.98 Å². The highest BCUT2D eigenvalue weighted by Gasteiger charge is 2.22. The molecule has 0 saturated heterocycles. The number of rotatable bonds is 5. The molecule has 104 valence electrons. The second-order valence-electron chi connectivity index (χ2n) is 4.72. The van der Waals surface area contributed by atoms with Gasteiger partial charge in [0, 0.05) is 11.3 Å². The normalized spacial score (nSPS) is 12.2. The number of primary amides is 1.